The molecule has 13 heavy (non-hydrogen) atoms. The summed E-state index contributed by atoms with van der Waals surface area (Å²) in [4.78, 5) is 25.3. The number of rotatable bonds is 2. The van der Waals surface area contributed by atoms with Gasteiger partial charge in [-0.1, -0.05) is 0 Å². The van der Waals surface area contributed by atoms with E-state index in [-0.39, 0.29) is 11.1 Å². The van der Waals surface area contributed by atoms with Crippen LogP contribution >= 0.6 is 0 Å². The molecule has 1 aromatic heterocycles. The van der Waals surface area contributed by atoms with Gasteiger partial charge in [-0.3, -0.25) is 9.78 Å². The van der Waals surface area contributed by atoms with E-state index in [0.717, 1.165) is 0 Å². The normalized spacial score (nSPS) is 9.62. The van der Waals surface area contributed by atoms with E-state index in [1.807, 2.05) is 0 Å². The summed E-state index contributed by atoms with van der Waals surface area (Å²) in [6, 6.07) is 1.25. The van der Waals surface area contributed by atoms with E-state index in [1.54, 1.807) is 0 Å². The first-order valence-electron chi connectivity index (χ1n) is 3.52. The highest BCUT2D eigenvalue weighted by molar-refractivity contribution is 6.04. The third-order valence-corrected chi connectivity index (χ3v) is 1.62. The van der Waals surface area contributed by atoms with Crippen molar-refractivity contribution in [3.8, 4) is 0 Å². The molecule has 3 N–H and O–H groups in total. The van der Waals surface area contributed by atoms with Crippen molar-refractivity contribution in [3.63, 3.8) is 0 Å². The smallest absolute Gasteiger partial charge is 0.336 e. The fourth-order valence-corrected chi connectivity index (χ4v) is 1.06. The van der Waals surface area contributed by atoms with Crippen LogP contribution in [0.1, 0.15) is 26.4 Å². The molecule has 5 heteroatoms. The van der Waals surface area contributed by atoms with Crippen molar-refractivity contribution in [2.45, 2.75) is 6.92 Å². The second-order valence-corrected chi connectivity index (χ2v) is 2.49. The molecule has 0 bridgehead atoms. The summed E-state index contributed by atoms with van der Waals surface area (Å²) in [5.41, 5.74) is 5.19. The van der Waals surface area contributed by atoms with Crippen LogP contribution in [0.3, 0.4) is 0 Å². The molecule has 0 unspecified atom stereocenters. The van der Waals surface area contributed by atoms with Gasteiger partial charge in [0, 0.05) is 6.20 Å². The fraction of sp³-hybridized carbons (Fsp3) is 0.125. The Kier molecular flexibility index (Phi) is 2.27. The average molecular weight is 180 g/mol. The Balaban J connectivity index is 3.43. The molecule has 0 radical (unpaired) electrons. The Hall–Kier alpha value is -1.91. The van der Waals surface area contributed by atoms with Gasteiger partial charge in [0.25, 0.3) is 5.91 Å². The molecule has 0 aliphatic heterocycles. The summed E-state index contributed by atoms with van der Waals surface area (Å²) in [6.07, 6.45) is 1.32. The number of carbonyl (C=O) groups excluding carboxylic acids is 1. The van der Waals surface area contributed by atoms with Crippen molar-refractivity contribution < 1.29 is 14.7 Å². The van der Waals surface area contributed by atoms with Gasteiger partial charge in [-0.15, -0.1) is 0 Å². The summed E-state index contributed by atoms with van der Waals surface area (Å²) in [5, 5.41) is 8.70. The predicted molar refractivity (Wildman–Crippen MR) is 44.5 cm³/mol. The predicted octanol–water partition coefficient (Wildman–Crippen LogP) is 0.187. The molecule has 0 fully saturated rings. The molecule has 0 saturated heterocycles. The third kappa shape index (κ3) is 1.64. The lowest BCUT2D eigenvalue weighted by molar-refractivity contribution is 0.0691. The van der Waals surface area contributed by atoms with Crippen molar-refractivity contribution in [2.24, 2.45) is 5.73 Å². The Labute approximate surface area is 74.2 Å². The van der Waals surface area contributed by atoms with Crippen LogP contribution in [-0.2, 0) is 0 Å². The quantitative estimate of drug-likeness (QED) is 0.679. The molecule has 0 spiro atoms. The Morgan fingerprint density at radius 3 is 2.54 bits per heavy atom. The molecular weight excluding hydrogens is 172 g/mol. The number of carboxylic acids is 1. The topological polar surface area (TPSA) is 93.3 Å². The molecule has 1 amide bonds. The SMILES string of the molecule is Cc1nccc(C(=O)O)c1C(N)=O. The molecule has 0 saturated carbocycles. The molecule has 0 aliphatic rings. The van der Waals surface area contributed by atoms with Crippen LogP contribution in [0.4, 0.5) is 0 Å². The molecule has 1 rings (SSSR count). The number of hydrogen-bond acceptors (Lipinski definition) is 3. The van der Waals surface area contributed by atoms with Gasteiger partial charge in [0.1, 0.15) is 0 Å². The lowest BCUT2D eigenvalue weighted by Crippen LogP contribution is -2.18. The molecule has 1 heterocycles. The van der Waals surface area contributed by atoms with Crippen LogP contribution < -0.4 is 5.73 Å². The summed E-state index contributed by atoms with van der Waals surface area (Å²) >= 11 is 0. The van der Waals surface area contributed by atoms with Gasteiger partial charge >= 0.3 is 5.97 Å². The third-order valence-electron chi connectivity index (χ3n) is 1.62. The number of aryl methyl sites for hydroxylation is 1. The highest BCUT2D eigenvalue weighted by atomic mass is 16.4. The molecule has 1 aromatic rings. The van der Waals surface area contributed by atoms with E-state index in [2.05, 4.69) is 4.98 Å². The minimum Gasteiger partial charge on any atom is -0.478 e. The Morgan fingerprint density at radius 1 is 1.54 bits per heavy atom. The number of amides is 1. The number of carboxylic acid groups (broad SMARTS) is 1. The van der Waals surface area contributed by atoms with Crippen LogP contribution in [0.15, 0.2) is 12.3 Å². The minimum atomic E-state index is -1.18. The van der Waals surface area contributed by atoms with E-state index in [1.165, 1.54) is 19.2 Å². The standard InChI is InChI=1S/C8H8N2O3/c1-4-6(7(9)11)5(8(12)13)2-3-10-4/h2-3H,1H3,(H2,9,11)(H,12,13). The lowest BCUT2D eigenvalue weighted by atomic mass is 10.1. The van der Waals surface area contributed by atoms with Crippen LogP contribution in [-0.4, -0.2) is 22.0 Å². The van der Waals surface area contributed by atoms with Crippen LogP contribution in [0.5, 0.6) is 0 Å². The lowest BCUT2D eigenvalue weighted by Gasteiger charge is -2.03. The monoisotopic (exact) mass is 180 g/mol. The minimum absolute atomic E-state index is 0.0324. The maximum atomic E-state index is 10.9. The average Bonchev–Trinajstić information content (AvgIpc) is 2.02. The van der Waals surface area contributed by atoms with Gasteiger partial charge < -0.3 is 10.8 Å². The van der Waals surface area contributed by atoms with Crippen molar-refractivity contribution in [2.75, 3.05) is 0 Å². The molecular formula is C8H8N2O3. The van der Waals surface area contributed by atoms with Crippen LogP contribution in [0, 0.1) is 6.92 Å². The number of carbonyl (C=O) groups is 2. The molecule has 5 nitrogen and oxygen atoms in total. The van der Waals surface area contributed by atoms with E-state index >= 15 is 0 Å². The first-order chi connectivity index (χ1) is 6.04. The molecule has 0 atom stereocenters. The van der Waals surface area contributed by atoms with Gasteiger partial charge in [-0.05, 0) is 13.0 Å². The van der Waals surface area contributed by atoms with Crippen molar-refractivity contribution in [3.05, 3.63) is 29.1 Å². The number of nitrogens with zero attached hydrogens (tertiary/aromatic N) is 1. The van der Waals surface area contributed by atoms with E-state index in [9.17, 15) is 9.59 Å². The van der Waals surface area contributed by atoms with Crippen LogP contribution in [0.25, 0.3) is 0 Å². The second kappa shape index (κ2) is 3.22. The number of aromatic nitrogens is 1. The summed E-state index contributed by atoms with van der Waals surface area (Å²) in [7, 11) is 0. The zero-order valence-electron chi connectivity index (χ0n) is 6.94. The fourth-order valence-electron chi connectivity index (χ4n) is 1.06. The van der Waals surface area contributed by atoms with Crippen molar-refractivity contribution in [1.82, 2.24) is 4.98 Å². The molecule has 0 aliphatic carbocycles. The number of hydrogen-bond donors (Lipinski definition) is 2. The summed E-state index contributed by atoms with van der Waals surface area (Å²) in [5.74, 6) is -1.96. The first kappa shape index (κ1) is 9.18. The number of primary amides is 1. The molecule has 0 aromatic carbocycles. The van der Waals surface area contributed by atoms with E-state index in [0.29, 0.717) is 5.69 Å². The Morgan fingerprint density at radius 2 is 2.15 bits per heavy atom. The maximum Gasteiger partial charge on any atom is 0.336 e. The van der Waals surface area contributed by atoms with Crippen LogP contribution in [0.2, 0.25) is 0 Å². The van der Waals surface area contributed by atoms with E-state index < -0.39 is 11.9 Å². The molecule has 68 valence electrons. The van der Waals surface area contributed by atoms with Gasteiger partial charge in [-0.25, -0.2) is 4.79 Å². The first-order valence-corrected chi connectivity index (χ1v) is 3.52. The zero-order chi connectivity index (χ0) is 10.0. The summed E-state index contributed by atoms with van der Waals surface area (Å²) < 4.78 is 0. The highest BCUT2D eigenvalue weighted by Gasteiger charge is 2.16. The van der Waals surface area contributed by atoms with Gasteiger partial charge in [0.05, 0.1) is 16.8 Å². The van der Waals surface area contributed by atoms with Crippen molar-refractivity contribution >= 4 is 11.9 Å². The highest BCUT2D eigenvalue weighted by Crippen LogP contribution is 2.10. The van der Waals surface area contributed by atoms with Crippen molar-refractivity contribution in [1.29, 1.82) is 0 Å². The largest absolute Gasteiger partial charge is 0.478 e. The van der Waals surface area contributed by atoms with E-state index in [4.69, 9.17) is 10.8 Å². The van der Waals surface area contributed by atoms with Gasteiger partial charge in [0.2, 0.25) is 0 Å². The number of aromatic carboxylic acids is 1. The zero-order valence-corrected chi connectivity index (χ0v) is 6.94. The summed E-state index contributed by atoms with van der Waals surface area (Å²) in [6.45, 7) is 1.53. The number of nitrogens with two attached hydrogens (primary N) is 1. The number of pyridine rings is 1. The Bertz CT molecular complexity index is 374. The maximum absolute atomic E-state index is 10.9. The van der Waals surface area contributed by atoms with Gasteiger partial charge in [0.15, 0.2) is 0 Å². The second-order valence-electron chi connectivity index (χ2n) is 2.49. The van der Waals surface area contributed by atoms with Gasteiger partial charge in [-0.2, -0.15) is 0 Å².